The number of hydrogen-bond acceptors (Lipinski definition) is 9. The lowest BCUT2D eigenvalue weighted by atomic mass is 9.94. The van der Waals surface area contributed by atoms with Gasteiger partial charge in [0.05, 0.1) is 30.8 Å². The Morgan fingerprint density at radius 2 is 0.552 bits per heavy atom. The highest BCUT2D eigenvalue weighted by Gasteiger charge is 2.29. The molecular weight excluding hydrogens is 978 g/mol. The molecule has 0 spiro atoms. The zero-order chi connectivity index (χ0) is 51.1. The number of carboxylic acids is 5. The number of aliphatic hydroxyl groups is 4. The zero-order valence-electron chi connectivity index (χ0n) is 36.3. The maximum absolute atomic E-state index is 10.9. The molecule has 0 saturated carbocycles. The molecule has 0 aliphatic rings. The van der Waals surface area contributed by atoms with Crippen LogP contribution in [0.2, 0.25) is 25.1 Å². The molecule has 19 heteroatoms. The van der Waals surface area contributed by atoms with E-state index in [4.69, 9.17) is 83.5 Å². The summed E-state index contributed by atoms with van der Waals surface area (Å²) in [6.07, 6.45) is -3.88. The fourth-order valence-electron chi connectivity index (χ4n) is 6.11. The van der Waals surface area contributed by atoms with Crippen molar-refractivity contribution >= 4 is 87.9 Å². The highest BCUT2D eigenvalue weighted by Crippen LogP contribution is 2.30. The van der Waals surface area contributed by atoms with Gasteiger partial charge in [0.15, 0.2) is 0 Å². The standard InChI is InChI=1S/4C10H11ClO3.C8H7ClO2/c4*1-6(12)9(10(13)14)7-4-2-3-5-8(7)11;9-7-4-2-1-3-6(7)5-8(10)11/h4*2-6,9,12H,1H3,(H,13,14);1-4H,5H2,(H,10,11)/t2*6-,9+;2*6-,9-;/m1010./s1. The minimum absolute atomic E-state index is 0.0142. The normalized spacial score (nSPS) is 13.9. The molecule has 0 unspecified atom stereocenters. The van der Waals surface area contributed by atoms with Crippen molar-refractivity contribution in [1.82, 2.24) is 0 Å². The van der Waals surface area contributed by atoms with E-state index >= 15 is 0 Å². The van der Waals surface area contributed by atoms with E-state index in [1.807, 2.05) is 0 Å². The van der Waals surface area contributed by atoms with E-state index in [2.05, 4.69) is 0 Å². The van der Waals surface area contributed by atoms with Crippen molar-refractivity contribution < 1.29 is 69.9 Å². The molecule has 0 aliphatic carbocycles. The van der Waals surface area contributed by atoms with E-state index < -0.39 is 77.9 Å². The largest absolute Gasteiger partial charge is 0.481 e. The SMILES string of the molecule is C[C@@H](O)[C@@H](C(=O)O)c1ccccc1Cl.C[C@@H](O)[C@H](C(=O)O)c1ccccc1Cl.C[C@H](O)[C@@H](C(=O)O)c1ccccc1Cl.C[C@H](O)[C@H](C(=O)O)c1ccccc1Cl.O=C(O)Cc1ccccc1Cl. The third-order valence-electron chi connectivity index (χ3n) is 9.25. The summed E-state index contributed by atoms with van der Waals surface area (Å²) in [5.41, 5.74) is 2.42. The van der Waals surface area contributed by atoms with Gasteiger partial charge in [-0.3, -0.25) is 24.0 Å². The number of carbonyl (C=O) groups is 5. The summed E-state index contributed by atoms with van der Waals surface area (Å²) in [6, 6.07) is 33.4. The first-order valence-corrected chi connectivity index (χ1v) is 21.8. The van der Waals surface area contributed by atoms with Gasteiger partial charge < -0.3 is 46.0 Å². The van der Waals surface area contributed by atoms with Crippen molar-refractivity contribution in [2.24, 2.45) is 0 Å². The highest BCUT2D eigenvalue weighted by molar-refractivity contribution is 6.33. The van der Waals surface area contributed by atoms with Crippen LogP contribution in [0.5, 0.6) is 0 Å². The lowest BCUT2D eigenvalue weighted by molar-refractivity contribution is -0.142. The molecule has 362 valence electrons. The Balaban J connectivity index is 0.000000420. The molecule has 8 atom stereocenters. The molecule has 0 aliphatic heterocycles. The van der Waals surface area contributed by atoms with E-state index in [1.165, 1.54) is 27.7 Å². The quantitative estimate of drug-likeness (QED) is 0.0502. The molecule has 0 heterocycles. The molecule has 14 nitrogen and oxygen atoms in total. The van der Waals surface area contributed by atoms with Crippen LogP contribution in [0.4, 0.5) is 0 Å². The maximum atomic E-state index is 10.9. The van der Waals surface area contributed by atoms with Crippen molar-refractivity contribution in [3.05, 3.63) is 174 Å². The molecule has 0 bridgehead atoms. The van der Waals surface area contributed by atoms with Crippen LogP contribution in [0.15, 0.2) is 121 Å². The predicted octanol–water partition coefficient (Wildman–Crippen LogP) is 9.52. The van der Waals surface area contributed by atoms with E-state index in [9.17, 15) is 44.4 Å². The lowest BCUT2D eigenvalue weighted by Gasteiger charge is -2.16. The van der Waals surface area contributed by atoms with Crippen molar-refractivity contribution in [3.8, 4) is 0 Å². The first-order chi connectivity index (χ1) is 31.3. The third-order valence-corrected chi connectivity index (χ3v) is 11.0. The molecule has 0 amide bonds. The topological polar surface area (TPSA) is 267 Å². The molecule has 0 aromatic heterocycles. The molecule has 5 aromatic carbocycles. The summed E-state index contributed by atoms with van der Waals surface area (Å²) in [5, 5.41) is 83.3. The van der Waals surface area contributed by atoms with E-state index in [0.717, 1.165) is 0 Å². The van der Waals surface area contributed by atoms with Crippen LogP contribution in [-0.4, -0.2) is 100 Å². The van der Waals surface area contributed by atoms with Crippen molar-refractivity contribution in [1.29, 1.82) is 0 Å². The van der Waals surface area contributed by atoms with Crippen LogP contribution in [0.25, 0.3) is 0 Å². The Morgan fingerprint density at radius 3 is 0.716 bits per heavy atom. The van der Waals surface area contributed by atoms with Gasteiger partial charge in [-0.2, -0.15) is 0 Å². The molecule has 5 rings (SSSR count). The number of carboxylic acid groups (broad SMARTS) is 5. The Labute approximate surface area is 412 Å². The molecule has 0 fully saturated rings. The predicted molar refractivity (Wildman–Crippen MR) is 257 cm³/mol. The van der Waals surface area contributed by atoms with Gasteiger partial charge in [0.2, 0.25) is 0 Å². The smallest absolute Gasteiger partial charge is 0.313 e. The average molecular weight is 1030 g/mol. The van der Waals surface area contributed by atoms with E-state index in [-0.39, 0.29) is 6.42 Å². The van der Waals surface area contributed by atoms with Crippen LogP contribution < -0.4 is 0 Å². The summed E-state index contributed by atoms with van der Waals surface area (Å²) in [6.45, 7) is 5.73. The number of benzene rings is 5. The van der Waals surface area contributed by atoms with Crippen LogP contribution in [0.3, 0.4) is 0 Å². The first-order valence-electron chi connectivity index (χ1n) is 19.9. The minimum atomic E-state index is -1.08. The number of rotatable bonds is 14. The Bertz CT molecular complexity index is 2100. The third kappa shape index (κ3) is 20.2. The highest BCUT2D eigenvalue weighted by atomic mass is 35.5. The summed E-state index contributed by atoms with van der Waals surface area (Å²) >= 11 is 29.0. The van der Waals surface area contributed by atoms with Gasteiger partial charge in [0.25, 0.3) is 0 Å². The Hall–Kier alpha value is -5.26. The van der Waals surface area contributed by atoms with Crippen molar-refractivity contribution in [2.75, 3.05) is 0 Å². The molecule has 0 saturated heterocycles. The van der Waals surface area contributed by atoms with Gasteiger partial charge in [-0.15, -0.1) is 0 Å². The van der Waals surface area contributed by atoms with Crippen LogP contribution in [-0.2, 0) is 30.4 Å². The molecule has 0 radical (unpaired) electrons. The minimum Gasteiger partial charge on any atom is -0.481 e. The van der Waals surface area contributed by atoms with Gasteiger partial charge >= 0.3 is 29.8 Å². The lowest BCUT2D eigenvalue weighted by Crippen LogP contribution is -2.23. The summed E-state index contributed by atoms with van der Waals surface area (Å²) in [5.74, 6) is -9.04. The molecule has 5 aromatic rings. The second-order valence-electron chi connectivity index (χ2n) is 14.5. The first kappa shape index (κ1) is 59.8. The van der Waals surface area contributed by atoms with Crippen molar-refractivity contribution in [3.63, 3.8) is 0 Å². The van der Waals surface area contributed by atoms with Gasteiger partial charge in [0, 0.05) is 25.1 Å². The van der Waals surface area contributed by atoms with Gasteiger partial charge in [0.1, 0.15) is 23.7 Å². The molecular formula is C48H51Cl5O14. The second kappa shape index (κ2) is 30.2. The monoisotopic (exact) mass is 1030 g/mol. The number of aliphatic hydroxyl groups excluding tert-OH is 4. The summed E-state index contributed by atoms with van der Waals surface area (Å²) in [4.78, 5) is 53.8. The Kier molecular flexibility index (Phi) is 26.9. The fraction of sp³-hybridized carbons (Fsp3) is 0.271. The van der Waals surface area contributed by atoms with Gasteiger partial charge in [-0.25, -0.2) is 0 Å². The van der Waals surface area contributed by atoms with Gasteiger partial charge in [-0.05, 0) is 85.8 Å². The molecule has 67 heavy (non-hydrogen) atoms. The van der Waals surface area contributed by atoms with Crippen LogP contribution in [0.1, 0.15) is 79.2 Å². The number of halogens is 5. The van der Waals surface area contributed by atoms with E-state index in [1.54, 1.807) is 121 Å². The van der Waals surface area contributed by atoms with Crippen molar-refractivity contribution in [2.45, 2.75) is 82.2 Å². The maximum Gasteiger partial charge on any atom is 0.313 e. The van der Waals surface area contributed by atoms with Gasteiger partial charge in [-0.1, -0.05) is 149 Å². The zero-order valence-corrected chi connectivity index (χ0v) is 40.1. The van der Waals surface area contributed by atoms with Crippen LogP contribution in [0, 0.1) is 0 Å². The average Bonchev–Trinajstić information content (AvgIpc) is 3.22. The summed E-state index contributed by atoms with van der Waals surface area (Å²) < 4.78 is 0. The Morgan fingerprint density at radius 1 is 0.358 bits per heavy atom. The summed E-state index contributed by atoms with van der Waals surface area (Å²) in [7, 11) is 0. The van der Waals surface area contributed by atoms with Crippen LogP contribution >= 0.6 is 58.0 Å². The van der Waals surface area contributed by atoms with E-state index in [0.29, 0.717) is 52.9 Å². The fourth-order valence-corrected chi connectivity index (χ4v) is 7.33. The number of aliphatic carboxylic acids is 5. The molecule has 9 N–H and O–H groups in total. The number of hydrogen-bond donors (Lipinski definition) is 9. The second-order valence-corrected chi connectivity index (χ2v) is 16.5.